The lowest BCUT2D eigenvalue weighted by molar-refractivity contribution is -0.151. The van der Waals surface area contributed by atoms with Crippen LogP contribution < -0.4 is 0 Å². The summed E-state index contributed by atoms with van der Waals surface area (Å²) in [5, 5.41) is 0. The summed E-state index contributed by atoms with van der Waals surface area (Å²) in [7, 11) is 0. The average molecular weight is 335 g/mol. The number of fused-ring (bicyclic) bond motifs is 2. The van der Waals surface area contributed by atoms with Gasteiger partial charge in [-0.05, 0) is 29.5 Å². The van der Waals surface area contributed by atoms with Gasteiger partial charge in [-0.1, -0.05) is 67.9 Å². The van der Waals surface area contributed by atoms with Gasteiger partial charge in [0.25, 0.3) is 0 Å². The van der Waals surface area contributed by atoms with Crippen LogP contribution in [0.4, 0.5) is 0 Å². The molecule has 2 heterocycles. The third kappa shape index (κ3) is 2.87. The summed E-state index contributed by atoms with van der Waals surface area (Å²) in [6, 6.07) is 18.7. The molecule has 2 atom stereocenters. The molecule has 2 aliphatic rings. The van der Waals surface area contributed by atoms with E-state index in [0.29, 0.717) is 13.0 Å². The van der Waals surface area contributed by atoms with Gasteiger partial charge < -0.3 is 9.64 Å². The molecule has 130 valence electrons. The summed E-state index contributed by atoms with van der Waals surface area (Å²) in [5.74, 6) is 0.187. The van der Waals surface area contributed by atoms with Crippen LogP contribution in [0.1, 0.15) is 48.9 Å². The van der Waals surface area contributed by atoms with E-state index in [1.807, 2.05) is 24.3 Å². The quantitative estimate of drug-likeness (QED) is 0.835. The lowest BCUT2D eigenvalue weighted by Crippen LogP contribution is -2.50. The van der Waals surface area contributed by atoms with Gasteiger partial charge in [0, 0.05) is 6.42 Å². The predicted molar refractivity (Wildman–Crippen MR) is 98.1 cm³/mol. The van der Waals surface area contributed by atoms with Crippen LogP contribution in [0, 0.1) is 0 Å². The van der Waals surface area contributed by atoms with Crippen molar-refractivity contribution < 1.29 is 9.53 Å². The van der Waals surface area contributed by atoms with E-state index in [0.717, 1.165) is 31.2 Å². The summed E-state index contributed by atoms with van der Waals surface area (Å²) in [6.45, 7) is 2.78. The second-order valence-corrected chi connectivity index (χ2v) is 7.17. The Morgan fingerprint density at radius 1 is 1.08 bits per heavy atom. The fraction of sp³-hybridized carbons (Fsp3) is 0.409. The molecule has 25 heavy (non-hydrogen) atoms. The number of hydrogen-bond acceptors (Lipinski definition) is 2. The molecular formula is C22H25NO2. The number of rotatable bonds is 4. The number of amides is 1. The van der Waals surface area contributed by atoms with Gasteiger partial charge in [-0.15, -0.1) is 0 Å². The second kappa shape index (κ2) is 6.64. The normalized spacial score (nSPS) is 25.4. The highest BCUT2D eigenvalue weighted by Gasteiger charge is 2.51. The molecular weight excluding hydrogens is 310 g/mol. The number of hydrogen-bond donors (Lipinski definition) is 0. The molecule has 2 aromatic carbocycles. The first-order valence-corrected chi connectivity index (χ1v) is 9.31. The minimum Gasteiger partial charge on any atom is -0.353 e. The van der Waals surface area contributed by atoms with E-state index in [-0.39, 0.29) is 11.9 Å². The molecule has 0 spiro atoms. The molecule has 0 unspecified atom stereocenters. The first kappa shape index (κ1) is 16.3. The van der Waals surface area contributed by atoms with Crippen molar-refractivity contribution in [2.75, 3.05) is 6.61 Å². The summed E-state index contributed by atoms with van der Waals surface area (Å²) < 4.78 is 6.43. The molecule has 4 rings (SSSR count). The maximum Gasteiger partial charge on any atom is 0.229 e. The van der Waals surface area contributed by atoms with Gasteiger partial charge in [0.2, 0.25) is 5.91 Å². The van der Waals surface area contributed by atoms with Gasteiger partial charge in [0.15, 0.2) is 0 Å². The molecule has 0 N–H and O–H groups in total. The van der Waals surface area contributed by atoms with E-state index in [4.69, 9.17) is 4.74 Å². The summed E-state index contributed by atoms with van der Waals surface area (Å²) in [5.41, 5.74) is 3.07. The minimum absolute atomic E-state index is 0.0138. The molecule has 2 aliphatic heterocycles. The smallest absolute Gasteiger partial charge is 0.229 e. The molecule has 0 aromatic heterocycles. The molecule has 3 heteroatoms. The summed E-state index contributed by atoms with van der Waals surface area (Å²) in [4.78, 5) is 15.3. The highest BCUT2D eigenvalue weighted by atomic mass is 16.5. The Morgan fingerprint density at radius 2 is 1.80 bits per heavy atom. The third-order valence-corrected chi connectivity index (χ3v) is 5.56. The Kier molecular flexibility index (Phi) is 4.34. The van der Waals surface area contributed by atoms with Gasteiger partial charge in [-0.2, -0.15) is 0 Å². The van der Waals surface area contributed by atoms with E-state index >= 15 is 0 Å². The first-order chi connectivity index (χ1) is 12.2. The monoisotopic (exact) mass is 335 g/mol. The molecule has 0 aliphatic carbocycles. The topological polar surface area (TPSA) is 29.5 Å². The molecule has 0 saturated carbocycles. The van der Waals surface area contributed by atoms with Crippen molar-refractivity contribution in [2.45, 2.75) is 50.8 Å². The van der Waals surface area contributed by atoms with Gasteiger partial charge >= 0.3 is 0 Å². The van der Waals surface area contributed by atoms with Gasteiger partial charge in [0.05, 0.1) is 19.1 Å². The van der Waals surface area contributed by atoms with Crippen molar-refractivity contribution in [3.8, 4) is 0 Å². The maximum absolute atomic E-state index is 13.3. The lowest BCUT2D eigenvalue weighted by atomic mass is 9.94. The van der Waals surface area contributed by atoms with E-state index < -0.39 is 5.72 Å². The van der Waals surface area contributed by atoms with Crippen LogP contribution in [-0.2, 0) is 22.4 Å². The summed E-state index contributed by atoms with van der Waals surface area (Å²) in [6.07, 6.45) is 4.32. The van der Waals surface area contributed by atoms with Crippen LogP contribution in [0.3, 0.4) is 0 Å². The van der Waals surface area contributed by atoms with Crippen molar-refractivity contribution in [1.29, 1.82) is 0 Å². The molecule has 2 aromatic rings. The van der Waals surface area contributed by atoms with Gasteiger partial charge in [-0.3, -0.25) is 4.79 Å². The zero-order valence-corrected chi connectivity index (χ0v) is 14.8. The Morgan fingerprint density at radius 3 is 2.56 bits per heavy atom. The average Bonchev–Trinajstić information content (AvgIpc) is 2.96. The molecule has 0 radical (unpaired) electrons. The van der Waals surface area contributed by atoms with Crippen molar-refractivity contribution in [2.24, 2.45) is 0 Å². The van der Waals surface area contributed by atoms with Crippen LogP contribution in [0.15, 0.2) is 54.6 Å². The highest BCUT2D eigenvalue weighted by Crippen LogP contribution is 2.44. The molecule has 1 fully saturated rings. The number of benzene rings is 2. The van der Waals surface area contributed by atoms with Crippen molar-refractivity contribution in [3.05, 3.63) is 71.3 Å². The largest absolute Gasteiger partial charge is 0.353 e. The van der Waals surface area contributed by atoms with Crippen LogP contribution >= 0.6 is 0 Å². The van der Waals surface area contributed by atoms with E-state index in [2.05, 4.69) is 42.2 Å². The van der Waals surface area contributed by atoms with Crippen LogP contribution in [-0.4, -0.2) is 23.1 Å². The number of unbranched alkanes of at least 4 members (excludes halogenated alkanes) is 1. The number of ether oxygens (including phenoxy) is 1. The second-order valence-electron chi connectivity index (χ2n) is 7.17. The first-order valence-electron chi connectivity index (χ1n) is 9.31. The third-order valence-electron chi connectivity index (χ3n) is 5.56. The zero-order valence-electron chi connectivity index (χ0n) is 14.8. The zero-order chi connectivity index (χ0) is 17.3. The van der Waals surface area contributed by atoms with Crippen LogP contribution in [0.2, 0.25) is 0 Å². The van der Waals surface area contributed by atoms with Gasteiger partial charge in [0.1, 0.15) is 5.72 Å². The molecule has 3 nitrogen and oxygen atoms in total. The van der Waals surface area contributed by atoms with Crippen LogP contribution in [0.25, 0.3) is 0 Å². The number of nitrogens with zero attached hydrogens (tertiary/aromatic N) is 1. The van der Waals surface area contributed by atoms with Crippen LogP contribution in [0.5, 0.6) is 0 Å². The Labute approximate surface area is 149 Å². The lowest BCUT2D eigenvalue weighted by Gasteiger charge is -2.38. The Bertz CT molecular complexity index is 758. The van der Waals surface area contributed by atoms with Crippen molar-refractivity contribution in [1.82, 2.24) is 4.90 Å². The van der Waals surface area contributed by atoms with E-state index in [1.165, 1.54) is 11.1 Å². The van der Waals surface area contributed by atoms with Crippen molar-refractivity contribution >= 4 is 5.91 Å². The fourth-order valence-corrected chi connectivity index (χ4v) is 4.30. The summed E-state index contributed by atoms with van der Waals surface area (Å²) >= 11 is 0. The van der Waals surface area contributed by atoms with E-state index in [9.17, 15) is 4.79 Å². The molecule has 1 saturated heterocycles. The fourth-order valence-electron chi connectivity index (χ4n) is 4.30. The Balaban J connectivity index is 1.77. The Hall–Kier alpha value is -2.13. The highest BCUT2D eigenvalue weighted by molar-refractivity contribution is 5.81. The maximum atomic E-state index is 13.3. The molecule has 1 amide bonds. The number of carbonyl (C=O) groups is 1. The standard InChI is InChI=1S/C22H25NO2/c1-2-3-13-22-15-19-12-8-7-11-18(19)14-21(24)23(22)20(16-25-22)17-9-5-4-6-10-17/h4-12,20H,2-3,13-16H2,1H3/t20-,22+/m1/s1. The SMILES string of the molecule is CCCC[C@]12Cc3ccccc3CC(=O)N1[C@@H](c1ccccc1)CO2. The van der Waals surface area contributed by atoms with Crippen molar-refractivity contribution in [3.63, 3.8) is 0 Å². The molecule has 0 bridgehead atoms. The minimum atomic E-state index is -0.500. The predicted octanol–water partition coefficient (Wildman–Crippen LogP) is 4.27. The van der Waals surface area contributed by atoms with Gasteiger partial charge in [-0.25, -0.2) is 0 Å². The number of carbonyl (C=O) groups excluding carboxylic acids is 1. The van der Waals surface area contributed by atoms with E-state index in [1.54, 1.807) is 0 Å².